The Labute approximate surface area is 73.3 Å². The Morgan fingerprint density at radius 1 is 1.20 bits per heavy atom. The van der Waals surface area contributed by atoms with Gasteiger partial charge in [-0.1, -0.05) is 0 Å². The van der Waals surface area contributed by atoms with Gasteiger partial charge in [0.25, 0.3) is 0 Å². The molecule has 0 aliphatic rings. The van der Waals surface area contributed by atoms with E-state index in [4.69, 9.17) is 19.2 Å². The van der Waals surface area contributed by atoms with Crippen molar-refractivity contribution in [1.29, 1.82) is 0 Å². The quantitative estimate of drug-likeness (QED) is 0.510. The molecule has 0 unspecified atom stereocenters. The van der Waals surface area contributed by atoms with Crippen molar-refractivity contribution in [3.8, 4) is 0 Å². The molecule has 0 spiro atoms. The fourth-order valence-electron chi connectivity index (χ4n) is 0.354. The third kappa shape index (κ3) is 63.1. The third-order valence-corrected chi connectivity index (χ3v) is 6.20. The zero-order chi connectivity index (χ0) is 8.62. The molecule has 60 valence electrons. The molecule has 0 bridgehead atoms. The van der Waals surface area contributed by atoms with Gasteiger partial charge in [0.05, 0.1) is 0 Å². The van der Waals surface area contributed by atoms with E-state index in [0.717, 1.165) is 0 Å². The first-order valence-corrected chi connectivity index (χ1v) is 12.5. The third-order valence-electron chi connectivity index (χ3n) is 0.707. The average Bonchev–Trinajstić information content (AvgIpc) is 1.63. The molecule has 10 heavy (non-hydrogen) atoms. The van der Waals surface area contributed by atoms with Crippen LogP contribution in [0.4, 0.5) is 0 Å². The minimum absolute atomic E-state index is 0.142. The maximum absolute atomic E-state index is 8.88. The van der Waals surface area contributed by atoms with Crippen molar-refractivity contribution in [3.05, 3.63) is 0 Å². The minimum Gasteiger partial charge on any atom is -0.303 e. The van der Waals surface area contributed by atoms with Gasteiger partial charge < -0.3 is 14.7 Å². The monoisotopic (exact) mass is 358 g/mol. The molecular formula is C4H13HgO4P. The molecular weight excluding hydrogens is 344 g/mol. The van der Waals surface area contributed by atoms with Gasteiger partial charge in [-0.25, -0.2) is 4.57 Å². The molecule has 0 fully saturated rings. The summed E-state index contributed by atoms with van der Waals surface area (Å²) in [5, 5.41) is 0. The number of rotatable bonds is 2. The second-order valence-corrected chi connectivity index (χ2v) is 13.4. The van der Waals surface area contributed by atoms with Crippen LogP contribution < -0.4 is 0 Å². The molecule has 0 heterocycles. The molecule has 0 rings (SSSR count). The van der Waals surface area contributed by atoms with Crippen molar-refractivity contribution >= 4 is 7.82 Å². The first-order chi connectivity index (χ1) is 4.41. The smallest absolute Gasteiger partial charge is 0.303 e. The Morgan fingerprint density at radius 2 is 1.40 bits per heavy atom. The van der Waals surface area contributed by atoms with E-state index >= 15 is 0 Å². The van der Waals surface area contributed by atoms with Crippen molar-refractivity contribution in [3.63, 3.8) is 0 Å². The van der Waals surface area contributed by atoms with Gasteiger partial charge in [-0.2, -0.15) is 0 Å². The predicted octanol–water partition coefficient (Wildman–Crippen LogP) is 1.02. The molecule has 0 atom stereocenters. The molecule has 0 saturated heterocycles. The summed E-state index contributed by atoms with van der Waals surface area (Å²) in [6, 6.07) is 0. The SMILES string of the molecule is C[CH2][Hg][CH2]C.O=P(O)(O)O. The Balaban J connectivity index is 0. The number of hydrogen-bond acceptors (Lipinski definition) is 1. The van der Waals surface area contributed by atoms with Gasteiger partial charge in [-0.3, -0.25) is 0 Å². The number of hydrogen-bond donors (Lipinski definition) is 3. The topological polar surface area (TPSA) is 77.8 Å². The summed E-state index contributed by atoms with van der Waals surface area (Å²) in [7, 11) is -4.64. The van der Waals surface area contributed by atoms with E-state index in [9.17, 15) is 0 Å². The van der Waals surface area contributed by atoms with Crippen LogP contribution in [0.2, 0.25) is 7.86 Å². The first kappa shape index (κ1) is 13.6. The van der Waals surface area contributed by atoms with E-state index in [2.05, 4.69) is 13.8 Å². The van der Waals surface area contributed by atoms with Crippen LogP contribution in [0.15, 0.2) is 0 Å². The van der Waals surface area contributed by atoms with E-state index in [1.807, 2.05) is 0 Å². The van der Waals surface area contributed by atoms with Crippen LogP contribution >= 0.6 is 7.82 Å². The van der Waals surface area contributed by atoms with Gasteiger partial charge in [0.15, 0.2) is 0 Å². The molecule has 0 saturated carbocycles. The number of phosphoric acid groups is 1. The van der Waals surface area contributed by atoms with Crippen LogP contribution in [-0.4, -0.2) is 14.7 Å². The van der Waals surface area contributed by atoms with E-state index in [-0.39, 0.29) is 24.6 Å². The van der Waals surface area contributed by atoms with E-state index < -0.39 is 7.82 Å². The maximum Gasteiger partial charge on any atom is 0.466 e. The summed E-state index contributed by atoms with van der Waals surface area (Å²) in [6.07, 6.45) is 0. The average molecular weight is 357 g/mol. The summed E-state index contributed by atoms with van der Waals surface area (Å²) in [5.41, 5.74) is 0. The summed E-state index contributed by atoms with van der Waals surface area (Å²) >= 11 is -0.142. The molecule has 0 aliphatic carbocycles. The Morgan fingerprint density at radius 3 is 1.40 bits per heavy atom. The second-order valence-electron chi connectivity index (χ2n) is 1.87. The van der Waals surface area contributed by atoms with Gasteiger partial charge in [0.1, 0.15) is 0 Å². The minimum atomic E-state index is -4.64. The molecule has 0 radical (unpaired) electrons. The van der Waals surface area contributed by atoms with Crippen molar-refractivity contribution in [1.82, 2.24) is 0 Å². The summed E-state index contributed by atoms with van der Waals surface area (Å²) in [6.45, 7) is 4.62. The molecule has 0 aromatic rings. The zero-order valence-corrected chi connectivity index (χ0v) is 12.7. The molecule has 4 nitrogen and oxygen atoms in total. The van der Waals surface area contributed by atoms with Crippen LogP contribution in [-0.2, 0) is 29.1 Å². The largest absolute Gasteiger partial charge is 0.466 e. The predicted molar refractivity (Wildman–Crippen MR) is 35.2 cm³/mol. The Hall–Kier alpha value is 1.05. The van der Waals surface area contributed by atoms with Gasteiger partial charge in [-0.05, 0) is 0 Å². The summed E-state index contributed by atoms with van der Waals surface area (Å²) < 4.78 is 12.0. The first-order valence-electron chi connectivity index (χ1n) is 3.20. The van der Waals surface area contributed by atoms with E-state index in [1.54, 1.807) is 7.86 Å². The van der Waals surface area contributed by atoms with E-state index in [1.165, 1.54) is 0 Å². The molecule has 6 heteroatoms. The van der Waals surface area contributed by atoms with Crippen molar-refractivity contribution in [2.24, 2.45) is 0 Å². The second kappa shape index (κ2) is 8.14. The normalized spacial score (nSPS) is 9.30. The molecule has 0 aromatic carbocycles. The zero-order valence-electron chi connectivity index (χ0n) is 6.32. The van der Waals surface area contributed by atoms with Gasteiger partial charge >= 0.3 is 54.1 Å². The van der Waals surface area contributed by atoms with Crippen LogP contribution in [0.25, 0.3) is 0 Å². The summed E-state index contributed by atoms with van der Waals surface area (Å²) in [4.78, 5) is 21.6. The van der Waals surface area contributed by atoms with Crippen LogP contribution in [0, 0.1) is 0 Å². The maximum atomic E-state index is 8.88. The van der Waals surface area contributed by atoms with Gasteiger partial charge in [0, 0.05) is 0 Å². The van der Waals surface area contributed by atoms with Gasteiger partial charge in [0.2, 0.25) is 0 Å². The Kier molecular flexibility index (Phi) is 11.1. The van der Waals surface area contributed by atoms with Crippen LogP contribution in [0.1, 0.15) is 13.8 Å². The molecule has 0 amide bonds. The molecule has 0 aromatic heterocycles. The van der Waals surface area contributed by atoms with Crippen LogP contribution in [0.3, 0.4) is 0 Å². The molecule has 0 aliphatic heterocycles. The van der Waals surface area contributed by atoms with Crippen molar-refractivity contribution in [2.75, 3.05) is 0 Å². The summed E-state index contributed by atoms with van der Waals surface area (Å²) in [5.74, 6) is 0. The van der Waals surface area contributed by atoms with Crippen molar-refractivity contribution < 1.29 is 43.8 Å². The standard InChI is InChI=1S/2C2H5.Hg.H3O4P/c2*1-2;;1-5(2,3)4/h2*1H2,2H3;;(H3,1,2,3,4). The van der Waals surface area contributed by atoms with Crippen molar-refractivity contribution in [2.45, 2.75) is 21.7 Å². The van der Waals surface area contributed by atoms with E-state index in [0.29, 0.717) is 0 Å². The van der Waals surface area contributed by atoms with Crippen LogP contribution in [0.5, 0.6) is 0 Å². The fraction of sp³-hybridized carbons (Fsp3) is 1.00. The van der Waals surface area contributed by atoms with Gasteiger partial charge in [-0.15, -0.1) is 0 Å². The Bertz CT molecular complexity index is 91.2. The molecule has 3 N–H and O–H groups in total. The fourth-order valence-corrected chi connectivity index (χ4v) is 3.10.